The van der Waals surface area contributed by atoms with Crippen LogP contribution in [0.25, 0.3) is 0 Å². The molecule has 0 saturated carbocycles. The van der Waals surface area contributed by atoms with E-state index in [-0.39, 0.29) is 17.8 Å². The van der Waals surface area contributed by atoms with E-state index < -0.39 is 0 Å². The summed E-state index contributed by atoms with van der Waals surface area (Å²) < 4.78 is 19.1. The Morgan fingerprint density at radius 3 is 2.86 bits per heavy atom. The number of hydrogen-bond acceptors (Lipinski definition) is 3. The molecule has 5 heteroatoms. The van der Waals surface area contributed by atoms with Gasteiger partial charge in [0.2, 0.25) is 5.91 Å². The lowest BCUT2D eigenvalue weighted by atomic mass is 10.0. The van der Waals surface area contributed by atoms with Gasteiger partial charge in [0.15, 0.2) is 0 Å². The Morgan fingerprint density at radius 2 is 2.23 bits per heavy atom. The van der Waals surface area contributed by atoms with Crippen LogP contribution in [0.3, 0.4) is 0 Å². The van der Waals surface area contributed by atoms with Gasteiger partial charge in [-0.2, -0.15) is 5.10 Å². The predicted octanol–water partition coefficient (Wildman–Crippen LogP) is 3.81. The smallest absolute Gasteiger partial charge is 0.242 e. The van der Waals surface area contributed by atoms with Crippen LogP contribution in [0.2, 0.25) is 0 Å². The minimum absolute atomic E-state index is 0.0902. The number of rotatable bonds is 3. The Morgan fingerprint density at radius 1 is 1.41 bits per heavy atom. The zero-order valence-corrected chi connectivity index (χ0v) is 12.5. The number of benzene rings is 1. The summed E-state index contributed by atoms with van der Waals surface area (Å²) in [6.07, 6.45) is 0.863. The molecule has 114 valence electrons. The van der Waals surface area contributed by atoms with Gasteiger partial charge in [0.05, 0.1) is 6.04 Å². The fraction of sp³-hybridized carbons (Fsp3) is 0.294. The number of nitrogens with zero attached hydrogens (tertiary/aromatic N) is 2. The van der Waals surface area contributed by atoms with Gasteiger partial charge in [0, 0.05) is 12.8 Å². The lowest BCUT2D eigenvalue weighted by Gasteiger charge is -2.21. The first kappa shape index (κ1) is 14.5. The minimum Gasteiger partial charge on any atom is -0.460 e. The van der Waals surface area contributed by atoms with Crippen molar-refractivity contribution in [3.8, 4) is 0 Å². The van der Waals surface area contributed by atoms with E-state index in [0.717, 1.165) is 11.3 Å². The first-order valence-corrected chi connectivity index (χ1v) is 7.30. The van der Waals surface area contributed by atoms with Crippen molar-refractivity contribution in [1.29, 1.82) is 0 Å². The average molecular weight is 300 g/mol. The number of hydrogen-bond donors (Lipinski definition) is 0. The quantitative estimate of drug-likeness (QED) is 0.865. The Kier molecular flexibility index (Phi) is 3.79. The van der Waals surface area contributed by atoms with Gasteiger partial charge < -0.3 is 4.42 Å². The molecule has 1 aromatic carbocycles. The van der Waals surface area contributed by atoms with Crippen LogP contribution in [-0.2, 0) is 4.79 Å². The summed E-state index contributed by atoms with van der Waals surface area (Å²) in [5.74, 6) is 1.04. The molecule has 1 atom stereocenters. The molecule has 2 aromatic rings. The molecule has 3 rings (SSSR count). The summed E-state index contributed by atoms with van der Waals surface area (Å²) in [6, 6.07) is 9.72. The molecule has 22 heavy (non-hydrogen) atoms. The fourth-order valence-corrected chi connectivity index (χ4v) is 2.61. The molecule has 0 fully saturated rings. The molecule has 1 aliphatic rings. The second-order valence-corrected chi connectivity index (χ2v) is 5.32. The summed E-state index contributed by atoms with van der Waals surface area (Å²) in [5.41, 5.74) is 1.45. The maximum Gasteiger partial charge on any atom is 0.242 e. The average Bonchev–Trinajstić information content (AvgIpc) is 3.12. The zero-order valence-electron chi connectivity index (χ0n) is 12.5. The Bertz CT molecular complexity index is 736. The van der Waals surface area contributed by atoms with Gasteiger partial charge in [-0.05, 0) is 36.8 Å². The van der Waals surface area contributed by atoms with Gasteiger partial charge in [0.25, 0.3) is 0 Å². The van der Waals surface area contributed by atoms with E-state index in [2.05, 4.69) is 5.10 Å². The third-order valence-electron chi connectivity index (χ3n) is 3.73. The zero-order chi connectivity index (χ0) is 15.7. The van der Waals surface area contributed by atoms with Crippen molar-refractivity contribution in [3.63, 3.8) is 0 Å². The van der Waals surface area contributed by atoms with Crippen LogP contribution < -0.4 is 0 Å². The van der Waals surface area contributed by atoms with Crippen molar-refractivity contribution in [3.05, 3.63) is 59.3 Å². The predicted molar refractivity (Wildman–Crippen MR) is 80.9 cm³/mol. The maximum absolute atomic E-state index is 13.5. The van der Waals surface area contributed by atoms with Gasteiger partial charge in [-0.25, -0.2) is 9.40 Å². The van der Waals surface area contributed by atoms with Gasteiger partial charge in [-0.1, -0.05) is 19.1 Å². The summed E-state index contributed by atoms with van der Waals surface area (Å²) in [4.78, 5) is 12.2. The highest BCUT2D eigenvalue weighted by Crippen LogP contribution is 2.33. The molecule has 1 aromatic heterocycles. The topological polar surface area (TPSA) is 45.8 Å². The number of hydrazone groups is 1. The van der Waals surface area contributed by atoms with Crippen molar-refractivity contribution in [1.82, 2.24) is 5.01 Å². The van der Waals surface area contributed by atoms with E-state index in [4.69, 9.17) is 4.42 Å². The molecule has 0 radical (unpaired) electrons. The SMILES string of the molecule is CCC(=O)N1N=C(c2ccc(C)o2)C[C@@H]1c1cccc(F)c1. The minimum atomic E-state index is -0.316. The highest BCUT2D eigenvalue weighted by Gasteiger charge is 2.33. The fourth-order valence-electron chi connectivity index (χ4n) is 2.61. The van der Waals surface area contributed by atoms with Crippen molar-refractivity contribution in [2.24, 2.45) is 5.10 Å². The van der Waals surface area contributed by atoms with Crippen LogP contribution in [0.15, 0.2) is 45.9 Å². The Hall–Kier alpha value is -2.43. The molecule has 0 saturated heterocycles. The van der Waals surface area contributed by atoms with Gasteiger partial charge >= 0.3 is 0 Å². The lowest BCUT2D eigenvalue weighted by Crippen LogP contribution is -2.26. The molecule has 1 amide bonds. The van der Waals surface area contributed by atoms with E-state index in [9.17, 15) is 9.18 Å². The summed E-state index contributed by atoms with van der Waals surface area (Å²) in [7, 11) is 0. The molecular weight excluding hydrogens is 283 g/mol. The molecule has 0 unspecified atom stereocenters. The molecular formula is C17H17FN2O2. The van der Waals surface area contributed by atoms with Crippen molar-refractivity contribution in [2.75, 3.05) is 0 Å². The van der Waals surface area contributed by atoms with E-state index in [1.165, 1.54) is 17.1 Å². The largest absolute Gasteiger partial charge is 0.460 e. The maximum atomic E-state index is 13.5. The highest BCUT2D eigenvalue weighted by molar-refractivity contribution is 6.01. The van der Waals surface area contributed by atoms with E-state index in [0.29, 0.717) is 24.3 Å². The number of amides is 1. The van der Waals surface area contributed by atoms with Crippen molar-refractivity contribution in [2.45, 2.75) is 32.7 Å². The number of halogens is 1. The van der Waals surface area contributed by atoms with Crippen LogP contribution in [0.4, 0.5) is 4.39 Å². The van der Waals surface area contributed by atoms with Crippen LogP contribution in [0, 0.1) is 12.7 Å². The normalized spacial score (nSPS) is 17.7. The Balaban J connectivity index is 1.96. The number of furan rings is 1. The van der Waals surface area contributed by atoms with Gasteiger partial charge in [0.1, 0.15) is 23.0 Å². The summed E-state index contributed by atoms with van der Waals surface area (Å²) in [6.45, 7) is 3.65. The molecule has 0 spiro atoms. The summed E-state index contributed by atoms with van der Waals surface area (Å²) >= 11 is 0. The molecule has 4 nitrogen and oxygen atoms in total. The van der Waals surface area contributed by atoms with E-state index in [1.807, 2.05) is 25.1 Å². The first-order valence-electron chi connectivity index (χ1n) is 7.30. The van der Waals surface area contributed by atoms with E-state index in [1.54, 1.807) is 13.0 Å². The number of carbonyl (C=O) groups excluding carboxylic acids is 1. The van der Waals surface area contributed by atoms with Gasteiger partial charge in [-0.15, -0.1) is 0 Å². The van der Waals surface area contributed by atoms with Crippen molar-refractivity contribution < 1.29 is 13.6 Å². The monoisotopic (exact) mass is 300 g/mol. The van der Waals surface area contributed by atoms with Crippen LogP contribution >= 0.6 is 0 Å². The standard InChI is InChI=1S/C17H17FN2O2/c1-3-17(21)20-15(12-5-4-6-13(18)9-12)10-14(19-20)16-8-7-11(2)22-16/h4-9,15H,3,10H2,1-2H3/t15-/m1/s1. The van der Waals surface area contributed by atoms with Crippen LogP contribution in [-0.4, -0.2) is 16.6 Å². The number of aryl methyl sites for hydroxylation is 1. The Labute approximate surface area is 128 Å². The lowest BCUT2D eigenvalue weighted by molar-refractivity contribution is -0.132. The van der Waals surface area contributed by atoms with Crippen LogP contribution in [0.1, 0.15) is 42.9 Å². The van der Waals surface area contributed by atoms with E-state index >= 15 is 0 Å². The molecule has 2 heterocycles. The van der Waals surface area contributed by atoms with Crippen LogP contribution in [0.5, 0.6) is 0 Å². The number of carbonyl (C=O) groups is 1. The second kappa shape index (κ2) is 5.75. The second-order valence-electron chi connectivity index (χ2n) is 5.32. The van der Waals surface area contributed by atoms with Gasteiger partial charge in [-0.3, -0.25) is 4.79 Å². The molecule has 0 bridgehead atoms. The highest BCUT2D eigenvalue weighted by atomic mass is 19.1. The van der Waals surface area contributed by atoms with Crippen molar-refractivity contribution >= 4 is 11.6 Å². The first-order chi connectivity index (χ1) is 10.6. The molecule has 0 aliphatic carbocycles. The third-order valence-corrected chi connectivity index (χ3v) is 3.73. The molecule has 1 aliphatic heterocycles. The molecule has 0 N–H and O–H groups in total. The third kappa shape index (κ3) is 2.66. The summed E-state index contributed by atoms with van der Waals surface area (Å²) in [5, 5.41) is 5.86.